The molecule has 1 fully saturated rings. The van der Waals surface area contributed by atoms with Crippen LogP contribution in [0.1, 0.15) is 12.8 Å². The molecular weight excluding hydrogens is 378 g/mol. The normalized spacial score (nSPS) is 16.1. The number of hydrogen-bond donors (Lipinski definition) is 1. The van der Waals surface area contributed by atoms with E-state index in [1.54, 1.807) is 24.3 Å². The summed E-state index contributed by atoms with van der Waals surface area (Å²) in [5.74, 6) is 1.15. The van der Waals surface area contributed by atoms with Crippen molar-refractivity contribution in [3.8, 4) is 11.5 Å². The van der Waals surface area contributed by atoms with E-state index in [2.05, 4.69) is 5.32 Å². The van der Waals surface area contributed by atoms with Crippen LogP contribution in [0.4, 0.5) is 5.69 Å². The molecule has 1 heterocycles. The summed E-state index contributed by atoms with van der Waals surface area (Å²) in [5.41, 5.74) is 0.689. The van der Waals surface area contributed by atoms with Crippen molar-refractivity contribution in [3.05, 3.63) is 54.6 Å². The Morgan fingerprint density at radius 2 is 1.57 bits per heavy atom. The topological polar surface area (TPSA) is 79.0 Å². The van der Waals surface area contributed by atoms with E-state index >= 15 is 0 Å². The molecule has 1 N–H and O–H groups in total. The molecule has 1 aliphatic rings. The van der Waals surface area contributed by atoms with E-state index in [4.69, 9.17) is 4.74 Å². The van der Waals surface area contributed by atoms with Gasteiger partial charge in [0.15, 0.2) is 0 Å². The molecule has 0 spiro atoms. The van der Waals surface area contributed by atoms with Crippen LogP contribution in [0.15, 0.2) is 54.6 Å². The lowest BCUT2D eigenvalue weighted by molar-refractivity contribution is -0.120. The van der Waals surface area contributed by atoms with Crippen LogP contribution in [0.5, 0.6) is 11.5 Å². The van der Waals surface area contributed by atoms with Crippen molar-refractivity contribution < 1.29 is 17.9 Å². The Bertz CT molecular complexity index is 891. The molecule has 8 heteroatoms. The Morgan fingerprint density at radius 1 is 1.00 bits per heavy atom. The number of amides is 1. The summed E-state index contributed by atoms with van der Waals surface area (Å²) < 4.78 is 32.7. The van der Waals surface area contributed by atoms with Gasteiger partial charge < -0.3 is 10.1 Å². The van der Waals surface area contributed by atoms with Gasteiger partial charge in [0, 0.05) is 38.8 Å². The van der Waals surface area contributed by atoms with Crippen LogP contribution < -0.4 is 10.1 Å². The number of carbonyl (C=O) groups is 1. The van der Waals surface area contributed by atoms with Crippen molar-refractivity contribution in [2.75, 3.05) is 32.5 Å². The van der Waals surface area contributed by atoms with E-state index in [0.717, 1.165) is 5.75 Å². The van der Waals surface area contributed by atoms with Gasteiger partial charge in [0.1, 0.15) is 11.5 Å². The number of ether oxygens (including phenoxy) is 1. The second-order valence-electron chi connectivity index (χ2n) is 6.89. The zero-order valence-electron chi connectivity index (χ0n) is 16.0. The summed E-state index contributed by atoms with van der Waals surface area (Å²) in [4.78, 5) is 12.5. The van der Waals surface area contributed by atoms with Crippen LogP contribution in [0.3, 0.4) is 0 Å². The number of nitrogens with zero attached hydrogens (tertiary/aromatic N) is 2. The van der Waals surface area contributed by atoms with Crippen LogP contribution in [-0.4, -0.2) is 50.1 Å². The smallest absolute Gasteiger partial charge is 0.281 e. The van der Waals surface area contributed by atoms with Gasteiger partial charge in [-0.25, -0.2) is 0 Å². The molecule has 28 heavy (non-hydrogen) atoms. The monoisotopic (exact) mass is 403 g/mol. The van der Waals surface area contributed by atoms with E-state index in [-0.39, 0.29) is 11.8 Å². The Balaban J connectivity index is 1.53. The van der Waals surface area contributed by atoms with Crippen LogP contribution in [0.2, 0.25) is 0 Å². The molecule has 0 atom stereocenters. The minimum absolute atomic E-state index is 0.0846. The van der Waals surface area contributed by atoms with Gasteiger partial charge in [-0.1, -0.05) is 18.2 Å². The quantitative estimate of drug-likeness (QED) is 0.804. The second-order valence-corrected chi connectivity index (χ2v) is 9.03. The lowest BCUT2D eigenvalue weighted by atomic mass is 9.97. The average Bonchev–Trinajstić information content (AvgIpc) is 2.70. The Morgan fingerprint density at radius 3 is 2.14 bits per heavy atom. The maximum absolute atomic E-state index is 12.5. The minimum Gasteiger partial charge on any atom is -0.457 e. The van der Waals surface area contributed by atoms with E-state index in [1.165, 1.54) is 22.7 Å². The summed E-state index contributed by atoms with van der Waals surface area (Å²) in [7, 11) is -0.391. The van der Waals surface area contributed by atoms with Crippen molar-refractivity contribution in [3.63, 3.8) is 0 Å². The summed E-state index contributed by atoms with van der Waals surface area (Å²) in [6.45, 7) is 0.699. The largest absolute Gasteiger partial charge is 0.457 e. The van der Waals surface area contributed by atoms with E-state index in [0.29, 0.717) is 37.4 Å². The van der Waals surface area contributed by atoms with Crippen LogP contribution >= 0.6 is 0 Å². The molecule has 7 nitrogen and oxygen atoms in total. The van der Waals surface area contributed by atoms with Gasteiger partial charge >= 0.3 is 0 Å². The fourth-order valence-electron chi connectivity index (χ4n) is 3.05. The molecule has 0 unspecified atom stereocenters. The highest BCUT2D eigenvalue weighted by Crippen LogP contribution is 2.25. The fraction of sp³-hybridized carbons (Fsp3) is 0.350. The van der Waals surface area contributed by atoms with Gasteiger partial charge in [-0.3, -0.25) is 4.79 Å². The van der Waals surface area contributed by atoms with Crippen LogP contribution in [0.25, 0.3) is 0 Å². The van der Waals surface area contributed by atoms with E-state index in [1.807, 2.05) is 30.3 Å². The molecule has 1 amide bonds. The summed E-state index contributed by atoms with van der Waals surface area (Å²) >= 11 is 0. The maximum Gasteiger partial charge on any atom is 0.281 e. The lowest BCUT2D eigenvalue weighted by Crippen LogP contribution is -2.46. The Kier molecular flexibility index (Phi) is 6.33. The minimum atomic E-state index is -3.42. The van der Waals surface area contributed by atoms with Crippen molar-refractivity contribution in [1.29, 1.82) is 0 Å². The Hall–Kier alpha value is -2.42. The highest BCUT2D eigenvalue weighted by molar-refractivity contribution is 7.86. The number of carbonyl (C=O) groups excluding carboxylic acids is 1. The fourth-order valence-corrected chi connectivity index (χ4v) is 4.19. The molecule has 2 aromatic carbocycles. The highest BCUT2D eigenvalue weighted by atomic mass is 32.2. The van der Waals surface area contributed by atoms with Crippen molar-refractivity contribution in [2.45, 2.75) is 12.8 Å². The number of piperidine rings is 1. The first kappa shape index (κ1) is 20.3. The molecule has 0 radical (unpaired) electrons. The third-order valence-electron chi connectivity index (χ3n) is 4.71. The molecule has 1 aliphatic heterocycles. The van der Waals surface area contributed by atoms with Gasteiger partial charge in [0.2, 0.25) is 5.91 Å². The van der Waals surface area contributed by atoms with Gasteiger partial charge in [-0.05, 0) is 49.2 Å². The summed E-state index contributed by atoms with van der Waals surface area (Å²) in [5, 5.41) is 2.91. The van der Waals surface area contributed by atoms with Gasteiger partial charge in [-0.2, -0.15) is 17.0 Å². The van der Waals surface area contributed by atoms with E-state index < -0.39 is 10.2 Å². The van der Waals surface area contributed by atoms with Crippen LogP contribution in [-0.2, 0) is 15.0 Å². The van der Waals surface area contributed by atoms with Crippen LogP contribution in [0, 0.1) is 5.92 Å². The Labute approximate surface area is 166 Å². The molecule has 0 saturated carbocycles. The predicted octanol–water partition coefficient (Wildman–Crippen LogP) is 2.94. The first-order valence-electron chi connectivity index (χ1n) is 9.17. The predicted molar refractivity (Wildman–Crippen MR) is 108 cm³/mol. The number of nitrogens with one attached hydrogen (secondary N) is 1. The molecular formula is C20H25N3O4S. The number of benzene rings is 2. The van der Waals surface area contributed by atoms with Crippen molar-refractivity contribution in [1.82, 2.24) is 8.61 Å². The third kappa shape index (κ3) is 4.89. The summed E-state index contributed by atoms with van der Waals surface area (Å²) in [6.07, 6.45) is 1.02. The molecule has 1 saturated heterocycles. The molecule has 3 rings (SSSR count). The molecule has 0 aromatic heterocycles. The number of hydrogen-bond acceptors (Lipinski definition) is 4. The highest BCUT2D eigenvalue weighted by Gasteiger charge is 2.32. The second kappa shape index (κ2) is 8.72. The van der Waals surface area contributed by atoms with Gasteiger partial charge in [0.05, 0.1) is 0 Å². The van der Waals surface area contributed by atoms with Gasteiger partial charge in [0.25, 0.3) is 10.2 Å². The van der Waals surface area contributed by atoms with Crippen molar-refractivity contribution in [2.24, 2.45) is 5.92 Å². The average molecular weight is 404 g/mol. The first-order valence-corrected chi connectivity index (χ1v) is 10.6. The standard InChI is InChI=1S/C20H25N3O4S/c1-22(2)28(25,26)23-14-12-16(13-15-23)20(24)21-17-8-10-19(11-9-17)27-18-6-4-3-5-7-18/h3-11,16H,12-15H2,1-2H3,(H,21,24). The SMILES string of the molecule is CN(C)S(=O)(=O)N1CCC(C(=O)Nc2ccc(Oc3ccccc3)cc2)CC1. The number of para-hydroxylation sites is 1. The molecule has 0 aliphatic carbocycles. The number of rotatable bonds is 6. The number of anilines is 1. The molecule has 2 aromatic rings. The zero-order valence-corrected chi connectivity index (χ0v) is 16.9. The molecule has 0 bridgehead atoms. The van der Waals surface area contributed by atoms with Crippen molar-refractivity contribution >= 4 is 21.8 Å². The zero-order chi connectivity index (χ0) is 20.1. The third-order valence-corrected chi connectivity index (χ3v) is 6.65. The lowest BCUT2D eigenvalue weighted by Gasteiger charge is -2.32. The molecule has 150 valence electrons. The van der Waals surface area contributed by atoms with Gasteiger partial charge in [-0.15, -0.1) is 0 Å². The van der Waals surface area contributed by atoms with E-state index in [9.17, 15) is 13.2 Å². The first-order chi connectivity index (χ1) is 13.4. The summed E-state index contributed by atoms with van der Waals surface area (Å²) in [6, 6.07) is 16.7. The maximum atomic E-state index is 12.5.